The molecule has 154 valence electrons. The number of benzene rings is 2. The third kappa shape index (κ3) is 4.25. The Morgan fingerprint density at radius 2 is 1.66 bits per heavy atom. The normalized spacial score (nSPS) is 16.9. The molecule has 0 unspecified atom stereocenters. The number of rotatable bonds is 5. The van der Waals surface area contributed by atoms with Gasteiger partial charge in [0.2, 0.25) is 6.79 Å². The van der Waals surface area contributed by atoms with Crippen molar-refractivity contribution in [2.24, 2.45) is 0 Å². The van der Waals surface area contributed by atoms with Gasteiger partial charge in [-0.05, 0) is 47.2 Å². The second-order valence-corrected chi connectivity index (χ2v) is 8.57. The fraction of sp³-hybridized carbons (Fsp3) is 0.458. The summed E-state index contributed by atoms with van der Waals surface area (Å²) in [6.07, 6.45) is 1.08. The number of carbonyl (C=O) groups excluding carboxylic acids is 1. The molecule has 2 aliphatic heterocycles. The number of carbonyl (C=O) groups is 1. The average Bonchev–Trinajstić information content (AvgIpc) is 3.22. The van der Waals surface area contributed by atoms with Crippen LogP contribution >= 0.6 is 0 Å². The molecule has 2 aliphatic rings. The Morgan fingerprint density at radius 3 is 2.34 bits per heavy atom. The summed E-state index contributed by atoms with van der Waals surface area (Å²) in [6, 6.07) is 14.3. The highest BCUT2D eigenvalue weighted by Crippen LogP contribution is 2.33. The van der Waals surface area contributed by atoms with E-state index < -0.39 is 0 Å². The van der Waals surface area contributed by atoms with Crippen LogP contribution < -0.4 is 9.47 Å². The molecule has 29 heavy (non-hydrogen) atoms. The molecular weight excluding hydrogens is 364 g/mol. The molecule has 1 fully saturated rings. The summed E-state index contributed by atoms with van der Waals surface area (Å²) in [5.41, 5.74) is 3.42. The zero-order chi connectivity index (χ0) is 20.4. The summed E-state index contributed by atoms with van der Waals surface area (Å²) >= 11 is 0. The van der Waals surface area contributed by atoms with E-state index in [-0.39, 0.29) is 11.3 Å². The van der Waals surface area contributed by atoms with Gasteiger partial charge in [-0.3, -0.25) is 9.69 Å². The van der Waals surface area contributed by atoms with Crippen molar-refractivity contribution in [3.63, 3.8) is 0 Å². The van der Waals surface area contributed by atoms with Crippen LogP contribution in [0.25, 0.3) is 0 Å². The minimum absolute atomic E-state index is 0.133. The van der Waals surface area contributed by atoms with Gasteiger partial charge in [0.05, 0.1) is 0 Å². The molecule has 2 heterocycles. The SMILES string of the molecule is CCC(C)(C)c1ccc(C(=O)N2CCN(Cc3ccc4c(c3)OCO4)CC2)cc1. The number of hydrogen-bond acceptors (Lipinski definition) is 4. The molecule has 1 amide bonds. The van der Waals surface area contributed by atoms with Crippen molar-refractivity contribution in [1.29, 1.82) is 0 Å². The van der Waals surface area contributed by atoms with E-state index in [4.69, 9.17) is 9.47 Å². The average molecular weight is 395 g/mol. The van der Waals surface area contributed by atoms with Gasteiger partial charge in [-0.1, -0.05) is 39.0 Å². The van der Waals surface area contributed by atoms with E-state index in [2.05, 4.69) is 49.9 Å². The van der Waals surface area contributed by atoms with E-state index >= 15 is 0 Å². The van der Waals surface area contributed by atoms with Gasteiger partial charge >= 0.3 is 0 Å². The first kappa shape index (κ1) is 19.8. The maximum absolute atomic E-state index is 12.9. The Hall–Kier alpha value is -2.53. The Labute approximate surface area is 173 Å². The Kier molecular flexibility index (Phi) is 5.50. The summed E-state index contributed by atoms with van der Waals surface area (Å²) in [7, 11) is 0. The number of fused-ring (bicyclic) bond motifs is 1. The van der Waals surface area contributed by atoms with E-state index in [1.165, 1.54) is 11.1 Å². The molecule has 0 radical (unpaired) electrons. The van der Waals surface area contributed by atoms with Crippen molar-refractivity contribution in [2.45, 2.75) is 39.2 Å². The molecule has 4 rings (SSSR count). The van der Waals surface area contributed by atoms with Crippen LogP contribution in [0.3, 0.4) is 0 Å². The molecule has 0 bridgehead atoms. The molecule has 5 heteroatoms. The Balaban J connectivity index is 1.32. The van der Waals surface area contributed by atoms with E-state index in [1.54, 1.807) is 0 Å². The first-order valence-corrected chi connectivity index (χ1v) is 10.5. The molecule has 0 N–H and O–H groups in total. The molecule has 0 saturated carbocycles. The lowest BCUT2D eigenvalue weighted by Gasteiger charge is -2.35. The summed E-state index contributed by atoms with van der Waals surface area (Å²) in [5, 5.41) is 0. The molecular formula is C24H30N2O3. The van der Waals surface area contributed by atoms with E-state index in [0.717, 1.165) is 56.2 Å². The zero-order valence-electron chi connectivity index (χ0n) is 17.6. The monoisotopic (exact) mass is 394 g/mol. The van der Waals surface area contributed by atoms with Crippen molar-refractivity contribution in [1.82, 2.24) is 9.80 Å². The zero-order valence-corrected chi connectivity index (χ0v) is 17.6. The Bertz CT molecular complexity index is 868. The van der Waals surface area contributed by atoms with Gasteiger partial charge in [-0.25, -0.2) is 0 Å². The minimum Gasteiger partial charge on any atom is -0.454 e. The summed E-state index contributed by atoms with van der Waals surface area (Å²) in [4.78, 5) is 17.3. The first-order valence-electron chi connectivity index (χ1n) is 10.5. The fourth-order valence-electron chi connectivity index (χ4n) is 3.86. The molecule has 2 aromatic carbocycles. The molecule has 0 aliphatic carbocycles. The summed E-state index contributed by atoms with van der Waals surface area (Å²) < 4.78 is 10.8. The van der Waals surface area contributed by atoms with Crippen LogP contribution in [0.2, 0.25) is 0 Å². The molecule has 0 aromatic heterocycles. The van der Waals surface area contributed by atoms with Crippen molar-refractivity contribution in [3.8, 4) is 11.5 Å². The van der Waals surface area contributed by atoms with Crippen LogP contribution in [-0.2, 0) is 12.0 Å². The van der Waals surface area contributed by atoms with Gasteiger partial charge in [0.15, 0.2) is 11.5 Å². The van der Waals surface area contributed by atoms with E-state index in [9.17, 15) is 4.79 Å². The van der Waals surface area contributed by atoms with Gasteiger partial charge < -0.3 is 14.4 Å². The highest BCUT2D eigenvalue weighted by Gasteiger charge is 2.24. The lowest BCUT2D eigenvalue weighted by molar-refractivity contribution is 0.0628. The van der Waals surface area contributed by atoms with Crippen LogP contribution in [0.4, 0.5) is 0 Å². The number of piperazine rings is 1. The predicted molar refractivity (Wildman–Crippen MR) is 114 cm³/mol. The van der Waals surface area contributed by atoms with Gasteiger partial charge in [-0.2, -0.15) is 0 Å². The largest absolute Gasteiger partial charge is 0.454 e. The van der Waals surface area contributed by atoms with Crippen LogP contribution in [-0.4, -0.2) is 48.7 Å². The van der Waals surface area contributed by atoms with Gasteiger partial charge in [0.25, 0.3) is 5.91 Å². The maximum atomic E-state index is 12.9. The van der Waals surface area contributed by atoms with Gasteiger partial charge in [0.1, 0.15) is 0 Å². The Morgan fingerprint density at radius 1 is 0.966 bits per heavy atom. The van der Waals surface area contributed by atoms with Crippen molar-refractivity contribution >= 4 is 5.91 Å². The smallest absolute Gasteiger partial charge is 0.253 e. The minimum atomic E-state index is 0.133. The topological polar surface area (TPSA) is 42.0 Å². The van der Waals surface area contributed by atoms with Crippen LogP contribution in [0.5, 0.6) is 11.5 Å². The first-order chi connectivity index (χ1) is 14.0. The molecule has 0 atom stereocenters. The van der Waals surface area contributed by atoms with Crippen LogP contribution in [0, 0.1) is 0 Å². The molecule has 5 nitrogen and oxygen atoms in total. The van der Waals surface area contributed by atoms with Crippen LogP contribution in [0.1, 0.15) is 48.7 Å². The van der Waals surface area contributed by atoms with Crippen molar-refractivity contribution in [2.75, 3.05) is 33.0 Å². The number of nitrogens with zero attached hydrogens (tertiary/aromatic N) is 2. The van der Waals surface area contributed by atoms with E-state index in [0.29, 0.717) is 6.79 Å². The number of ether oxygens (including phenoxy) is 2. The summed E-state index contributed by atoms with van der Waals surface area (Å²) in [5.74, 6) is 1.78. The van der Waals surface area contributed by atoms with Crippen molar-refractivity contribution < 1.29 is 14.3 Å². The molecule has 1 saturated heterocycles. The second kappa shape index (κ2) is 8.07. The van der Waals surface area contributed by atoms with E-state index in [1.807, 2.05) is 23.1 Å². The lowest BCUT2D eigenvalue weighted by Crippen LogP contribution is -2.48. The quantitative estimate of drug-likeness (QED) is 0.767. The number of hydrogen-bond donors (Lipinski definition) is 0. The van der Waals surface area contributed by atoms with Gasteiger partial charge in [-0.15, -0.1) is 0 Å². The third-order valence-electron chi connectivity index (χ3n) is 6.30. The second-order valence-electron chi connectivity index (χ2n) is 8.57. The fourth-order valence-corrected chi connectivity index (χ4v) is 3.86. The molecule has 2 aromatic rings. The maximum Gasteiger partial charge on any atom is 0.253 e. The third-order valence-corrected chi connectivity index (χ3v) is 6.30. The predicted octanol–water partition coefficient (Wildman–Crippen LogP) is 4.06. The highest BCUT2D eigenvalue weighted by atomic mass is 16.7. The summed E-state index contributed by atoms with van der Waals surface area (Å²) in [6.45, 7) is 11.1. The number of amides is 1. The van der Waals surface area contributed by atoms with Crippen LogP contribution in [0.15, 0.2) is 42.5 Å². The highest BCUT2D eigenvalue weighted by molar-refractivity contribution is 5.94. The lowest BCUT2D eigenvalue weighted by atomic mass is 9.82. The standard InChI is InChI=1S/C24H30N2O3/c1-4-24(2,3)20-8-6-19(7-9-20)23(27)26-13-11-25(12-14-26)16-18-5-10-21-22(15-18)29-17-28-21/h5-10,15H,4,11-14,16-17H2,1-3H3. The van der Waals surface area contributed by atoms with Gasteiger partial charge in [0, 0.05) is 38.3 Å². The molecule has 0 spiro atoms. The van der Waals surface area contributed by atoms with Crippen molar-refractivity contribution in [3.05, 3.63) is 59.2 Å².